The van der Waals surface area contributed by atoms with E-state index >= 15 is 0 Å². The molecule has 0 atom stereocenters. The van der Waals surface area contributed by atoms with Gasteiger partial charge in [-0.05, 0) is 31.1 Å². The smallest absolute Gasteiger partial charge is 0.147 e. The second-order valence-corrected chi connectivity index (χ2v) is 6.07. The second kappa shape index (κ2) is 5.45. The Labute approximate surface area is 114 Å². The first-order chi connectivity index (χ1) is 9.31. The SMILES string of the molecule is OCc1cncc(N2CCC3(CCCCC3)CC2)n1. The van der Waals surface area contributed by atoms with Crippen LogP contribution in [0.25, 0.3) is 0 Å². The van der Waals surface area contributed by atoms with E-state index in [1.54, 1.807) is 6.20 Å². The van der Waals surface area contributed by atoms with Crippen molar-refractivity contribution >= 4 is 5.82 Å². The zero-order valence-electron chi connectivity index (χ0n) is 11.5. The first-order valence-electron chi connectivity index (χ1n) is 7.48. The number of hydrogen-bond donors (Lipinski definition) is 1. The molecule has 1 N–H and O–H groups in total. The standard InChI is InChI=1S/C15H23N3O/c19-12-13-10-16-11-14(17-13)18-8-6-15(7-9-18)4-2-1-3-5-15/h10-11,19H,1-9,12H2. The van der Waals surface area contributed by atoms with E-state index in [9.17, 15) is 0 Å². The summed E-state index contributed by atoms with van der Waals surface area (Å²) in [4.78, 5) is 11.0. The fourth-order valence-corrected chi connectivity index (χ4v) is 3.64. The van der Waals surface area contributed by atoms with Crippen molar-refractivity contribution < 1.29 is 5.11 Å². The van der Waals surface area contributed by atoms with Gasteiger partial charge in [-0.15, -0.1) is 0 Å². The molecule has 0 aromatic carbocycles. The van der Waals surface area contributed by atoms with Crippen LogP contribution < -0.4 is 4.90 Å². The van der Waals surface area contributed by atoms with Gasteiger partial charge in [0.05, 0.1) is 24.7 Å². The summed E-state index contributed by atoms with van der Waals surface area (Å²) < 4.78 is 0. The molecule has 104 valence electrons. The first kappa shape index (κ1) is 12.9. The Hall–Kier alpha value is -1.16. The highest BCUT2D eigenvalue weighted by Crippen LogP contribution is 2.44. The number of piperidine rings is 1. The average molecular weight is 261 g/mol. The number of aliphatic hydroxyl groups is 1. The monoisotopic (exact) mass is 261 g/mol. The van der Waals surface area contributed by atoms with Crippen LogP contribution in [0.3, 0.4) is 0 Å². The molecule has 1 aliphatic carbocycles. The van der Waals surface area contributed by atoms with Crippen molar-refractivity contribution in [2.24, 2.45) is 5.41 Å². The Morgan fingerprint density at radius 2 is 1.79 bits per heavy atom. The molecule has 1 aliphatic heterocycles. The molecule has 0 bridgehead atoms. The van der Waals surface area contributed by atoms with E-state index in [0.717, 1.165) is 18.9 Å². The van der Waals surface area contributed by atoms with E-state index in [1.165, 1.54) is 44.9 Å². The number of aromatic nitrogens is 2. The maximum absolute atomic E-state index is 9.14. The molecule has 2 heterocycles. The zero-order chi connectivity index (χ0) is 13.1. The second-order valence-electron chi connectivity index (χ2n) is 6.07. The largest absolute Gasteiger partial charge is 0.390 e. The maximum atomic E-state index is 9.14. The summed E-state index contributed by atoms with van der Waals surface area (Å²) in [5.41, 5.74) is 1.28. The van der Waals surface area contributed by atoms with E-state index < -0.39 is 0 Å². The van der Waals surface area contributed by atoms with Crippen LogP contribution in [0, 0.1) is 5.41 Å². The van der Waals surface area contributed by atoms with Crippen LogP contribution in [-0.4, -0.2) is 28.2 Å². The maximum Gasteiger partial charge on any atom is 0.147 e. The highest BCUT2D eigenvalue weighted by Gasteiger charge is 2.35. The lowest BCUT2D eigenvalue weighted by molar-refractivity contribution is 0.144. The summed E-state index contributed by atoms with van der Waals surface area (Å²) >= 11 is 0. The van der Waals surface area contributed by atoms with E-state index in [1.807, 2.05) is 6.20 Å². The van der Waals surface area contributed by atoms with Gasteiger partial charge in [0.15, 0.2) is 0 Å². The molecule has 1 aromatic heterocycles. The van der Waals surface area contributed by atoms with Crippen molar-refractivity contribution in [3.8, 4) is 0 Å². The van der Waals surface area contributed by atoms with Crippen molar-refractivity contribution in [2.75, 3.05) is 18.0 Å². The topological polar surface area (TPSA) is 49.3 Å². The Morgan fingerprint density at radius 3 is 2.47 bits per heavy atom. The molecule has 0 unspecified atom stereocenters. The van der Waals surface area contributed by atoms with E-state index in [0.29, 0.717) is 11.1 Å². The quantitative estimate of drug-likeness (QED) is 0.888. The molecule has 1 saturated heterocycles. The summed E-state index contributed by atoms with van der Waals surface area (Å²) in [6.07, 6.45) is 13.1. The Morgan fingerprint density at radius 1 is 1.05 bits per heavy atom. The van der Waals surface area contributed by atoms with Crippen LogP contribution in [0.4, 0.5) is 5.82 Å². The summed E-state index contributed by atoms with van der Waals surface area (Å²) in [5.74, 6) is 0.928. The number of rotatable bonds is 2. The highest BCUT2D eigenvalue weighted by atomic mass is 16.3. The molecule has 4 nitrogen and oxygen atoms in total. The van der Waals surface area contributed by atoms with Gasteiger partial charge in [0, 0.05) is 13.1 Å². The van der Waals surface area contributed by atoms with E-state index in [-0.39, 0.29) is 6.61 Å². The van der Waals surface area contributed by atoms with E-state index in [4.69, 9.17) is 5.11 Å². The predicted molar refractivity (Wildman–Crippen MR) is 74.9 cm³/mol. The predicted octanol–water partition coefficient (Wildman–Crippen LogP) is 2.52. The zero-order valence-corrected chi connectivity index (χ0v) is 11.5. The molecule has 1 aromatic rings. The number of aliphatic hydroxyl groups excluding tert-OH is 1. The molecule has 4 heteroatoms. The summed E-state index contributed by atoms with van der Waals surface area (Å²) in [7, 11) is 0. The summed E-state index contributed by atoms with van der Waals surface area (Å²) in [6.45, 7) is 2.14. The van der Waals surface area contributed by atoms with E-state index in [2.05, 4.69) is 14.9 Å². The Bertz CT molecular complexity index is 419. The fraction of sp³-hybridized carbons (Fsp3) is 0.733. The number of hydrogen-bond acceptors (Lipinski definition) is 4. The molecule has 3 rings (SSSR count). The number of anilines is 1. The molecule has 1 spiro atoms. The van der Waals surface area contributed by atoms with Crippen LogP contribution >= 0.6 is 0 Å². The Balaban J connectivity index is 1.65. The van der Waals surface area contributed by atoms with Crippen LogP contribution in [-0.2, 0) is 6.61 Å². The molecule has 1 saturated carbocycles. The first-order valence-corrected chi connectivity index (χ1v) is 7.48. The molecular formula is C15H23N3O. The number of nitrogens with zero attached hydrogens (tertiary/aromatic N) is 3. The molecular weight excluding hydrogens is 238 g/mol. The Kier molecular flexibility index (Phi) is 3.69. The van der Waals surface area contributed by atoms with Gasteiger partial charge in [-0.3, -0.25) is 4.98 Å². The lowest BCUT2D eigenvalue weighted by Gasteiger charge is -2.44. The normalized spacial score (nSPS) is 22.7. The van der Waals surface area contributed by atoms with Gasteiger partial charge in [-0.25, -0.2) is 4.98 Å². The summed E-state index contributed by atoms with van der Waals surface area (Å²) in [5, 5.41) is 9.14. The fourth-order valence-electron chi connectivity index (χ4n) is 3.64. The lowest BCUT2D eigenvalue weighted by atomic mass is 9.68. The van der Waals surface area contributed by atoms with Crippen molar-refractivity contribution in [1.29, 1.82) is 0 Å². The van der Waals surface area contributed by atoms with Crippen LogP contribution in [0.15, 0.2) is 12.4 Å². The van der Waals surface area contributed by atoms with Gasteiger partial charge in [0.1, 0.15) is 5.82 Å². The highest BCUT2D eigenvalue weighted by molar-refractivity contribution is 5.37. The van der Waals surface area contributed by atoms with Gasteiger partial charge in [0.2, 0.25) is 0 Å². The third-order valence-corrected chi connectivity index (χ3v) is 4.90. The molecule has 0 amide bonds. The van der Waals surface area contributed by atoms with Crippen molar-refractivity contribution in [3.63, 3.8) is 0 Å². The molecule has 19 heavy (non-hydrogen) atoms. The van der Waals surface area contributed by atoms with Crippen LogP contribution in [0.5, 0.6) is 0 Å². The van der Waals surface area contributed by atoms with Crippen LogP contribution in [0.1, 0.15) is 50.6 Å². The third-order valence-electron chi connectivity index (χ3n) is 4.90. The minimum atomic E-state index is -0.0291. The van der Waals surface area contributed by atoms with Crippen molar-refractivity contribution in [2.45, 2.75) is 51.6 Å². The third kappa shape index (κ3) is 2.73. The van der Waals surface area contributed by atoms with Crippen LogP contribution in [0.2, 0.25) is 0 Å². The van der Waals surface area contributed by atoms with Gasteiger partial charge in [-0.1, -0.05) is 19.3 Å². The van der Waals surface area contributed by atoms with Gasteiger partial charge in [-0.2, -0.15) is 0 Å². The van der Waals surface area contributed by atoms with Gasteiger partial charge >= 0.3 is 0 Å². The molecule has 2 fully saturated rings. The van der Waals surface area contributed by atoms with Gasteiger partial charge < -0.3 is 10.0 Å². The minimum Gasteiger partial charge on any atom is -0.390 e. The minimum absolute atomic E-state index is 0.0291. The lowest BCUT2D eigenvalue weighted by Crippen LogP contribution is -2.41. The van der Waals surface area contributed by atoms with Gasteiger partial charge in [0.25, 0.3) is 0 Å². The molecule has 2 aliphatic rings. The average Bonchev–Trinajstić information content (AvgIpc) is 2.49. The van der Waals surface area contributed by atoms with Crippen molar-refractivity contribution in [1.82, 2.24) is 9.97 Å². The molecule has 0 radical (unpaired) electrons. The summed E-state index contributed by atoms with van der Waals surface area (Å²) in [6, 6.07) is 0. The van der Waals surface area contributed by atoms with Crippen molar-refractivity contribution in [3.05, 3.63) is 18.1 Å².